The number of carbonyl (C=O) groups is 1. The number of rotatable bonds is 7. The second kappa shape index (κ2) is 9.85. The van der Waals surface area contributed by atoms with Gasteiger partial charge in [0, 0.05) is 23.8 Å². The fourth-order valence-corrected chi connectivity index (χ4v) is 5.36. The normalized spacial score (nSPS) is 14.8. The largest absolute Gasteiger partial charge is 0.478 e. The molecule has 172 valence electrons. The maximum absolute atomic E-state index is 12.7. The minimum atomic E-state index is -3.95. The van der Waals surface area contributed by atoms with Crippen LogP contribution in [0.4, 0.5) is 11.4 Å². The van der Waals surface area contributed by atoms with Crippen LogP contribution in [0, 0.1) is 5.92 Å². The van der Waals surface area contributed by atoms with Gasteiger partial charge in [-0.05, 0) is 73.2 Å². The lowest BCUT2D eigenvalue weighted by atomic mass is 9.90. The third-order valence-electron chi connectivity index (χ3n) is 5.95. The molecule has 0 unspecified atom stereocenters. The summed E-state index contributed by atoms with van der Waals surface area (Å²) in [6.45, 7) is 1.65. The van der Waals surface area contributed by atoms with E-state index in [1.807, 2.05) is 6.07 Å². The monoisotopic (exact) mass is 484 g/mol. The SMILES string of the molecule is O=C(O)c1cc(N2CCC(Cc3ccccc3)CC2)ccc1NS(=O)(=O)c1ccc(Cl)cc1. The first kappa shape index (κ1) is 23.1. The molecule has 0 spiro atoms. The standard InChI is InChI=1S/C25H25ClN2O4S/c26-20-6-9-22(10-7-20)33(31,32)27-24-11-8-21(17-23(24)25(29)30)28-14-12-19(13-15-28)16-18-4-2-1-3-5-18/h1-11,17,19,27H,12-16H2,(H,29,30). The van der Waals surface area contributed by atoms with Gasteiger partial charge in [-0.2, -0.15) is 0 Å². The Balaban J connectivity index is 1.47. The Bertz CT molecular complexity index is 1220. The quantitative estimate of drug-likeness (QED) is 0.475. The van der Waals surface area contributed by atoms with Crippen molar-refractivity contribution in [1.29, 1.82) is 0 Å². The Hall–Kier alpha value is -3.03. The number of halogens is 1. The first-order valence-corrected chi connectivity index (χ1v) is 12.6. The van der Waals surface area contributed by atoms with Gasteiger partial charge in [0.1, 0.15) is 0 Å². The molecule has 0 radical (unpaired) electrons. The zero-order valence-corrected chi connectivity index (χ0v) is 19.5. The molecule has 0 aliphatic carbocycles. The van der Waals surface area contributed by atoms with Gasteiger partial charge in [0.05, 0.1) is 16.1 Å². The molecule has 3 aromatic carbocycles. The third kappa shape index (κ3) is 5.67. The van der Waals surface area contributed by atoms with Crippen molar-refractivity contribution in [2.75, 3.05) is 22.7 Å². The average molecular weight is 485 g/mol. The number of hydrogen-bond donors (Lipinski definition) is 2. The Morgan fingerprint density at radius 3 is 2.30 bits per heavy atom. The number of carboxylic acids is 1. The highest BCUT2D eigenvalue weighted by atomic mass is 35.5. The van der Waals surface area contributed by atoms with Crippen molar-refractivity contribution in [3.8, 4) is 0 Å². The number of carboxylic acid groups (broad SMARTS) is 1. The van der Waals surface area contributed by atoms with Crippen molar-refractivity contribution >= 4 is 39.0 Å². The molecule has 1 aliphatic rings. The molecule has 6 nitrogen and oxygen atoms in total. The molecule has 0 aromatic heterocycles. The number of nitrogens with zero attached hydrogens (tertiary/aromatic N) is 1. The molecule has 1 fully saturated rings. The van der Waals surface area contributed by atoms with E-state index in [4.69, 9.17) is 11.6 Å². The van der Waals surface area contributed by atoms with Crippen LogP contribution in [0.3, 0.4) is 0 Å². The molecular formula is C25H25ClN2O4S. The van der Waals surface area contributed by atoms with Gasteiger partial charge in [0.25, 0.3) is 10.0 Å². The van der Waals surface area contributed by atoms with E-state index in [0.717, 1.165) is 38.0 Å². The van der Waals surface area contributed by atoms with Crippen molar-refractivity contribution < 1.29 is 18.3 Å². The Morgan fingerprint density at radius 1 is 1.00 bits per heavy atom. The van der Waals surface area contributed by atoms with Crippen LogP contribution in [-0.4, -0.2) is 32.6 Å². The molecule has 1 heterocycles. The van der Waals surface area contributed by atoms with Crippen LogP contribution in [0.2, 0.25) is 5.02 Å². The van der Waals surface area contributed by atoms with Crippen molar-refractivity contribution in [3.63, 3.8) is 0 Å². The first-order valence-electron chi connectivity index (χ1n) is 10.8. The minimum Gasteiger partial charge on any atom is -0.478 e. The van der Waals surface area contributed by atoms with Crippen molar-refractivity contribution in [2.24, 2.45) is 5.92 Å². The van der Waals surface area contributed by atoms with Crippen LogP contribution >= 0.6 is 11.6 Å². The number of aromatic carboxylic acids is 1. The minimum absolute atomic E-state index is 0.00723. The molecule has 0 amide bonds. The molecule has 1 aliphatic heterocycles. The van der Waals surface area contributed by atoms with E-state index in [1.54, 1.807) is 12.1 Å². The van der Waals surface area contributed by atoms with Crippen molar-refractivity contribution in [2.45, 2.75) is 24.2 Å². The van der Waals surface area contributed by atoms with E-state index in [1.165, 1.54) is 35.9 Å². The second-order valence-electron chi connectivity index (χ2n) is 8.21. The molecule has 0 atom stereocenters. The number of nitrogens with one attached hydrogen (secondary N) is 1. The van der Waals surface area contributed by atoms with Gasteiger partial charge in [-0.3, -0.25) is 4.72 Å². The number of benzene rings is 3. The maximum Gasteiger partial charge on any atom is 0.337 e. The molecule has 2 N–H and O–H groups in total. The summed E-state index contributed by atoms with van der Waals surface area (Å²) in [4.78, 5) is 14.1. The second-order valence-corrected chi connectivity index (χ2v) is 10.3. The van der Waals surface area contributed by atoms with E-state index in [2.05, 4.69) is 33.9 Å². The number of anilines is 2. The van der Waals surface area contributed by atoms with Crippen LogP contribution in [0.15, 0.2) is 77.7 Å². The van der Waals surface area contributed by atoms with Crippen LogP contribution in [-0.2, 0) is 16.4 Å². The van der Waals surface area contributed by atoms with E-state index in [0.29, 0.717) is 10.9 Å². The average Bonchev–Trinajstić information content (AvgIpc) is 2.80. The molecule has 3 aromatic rings. The number of hydrogen-bond acceptors (Lipinski definition) is 4. The van der Waals surface area contributed by atoms with Gasteiger partial charge in [-0.25, -0.2) is 13.2 Å². The van der Waals surface area contributed by atoms with Crippen LogP contribution in [0.25, 0.3) is 0 Å². The lowest BCUT2D eigenvalue weighted by Gasteiger charge is -2.34. The van der Waals surface area contributed by atoms with Gasteiger partial charge < -0.3 is 10.0 Å². The molecule has 4 rings (SSSR count). The summed E-state index contributed by atoms with van der Waals surface area (Å²) in [5, 5.41) is 10.1. The third-order valence-corrected chi connectivity index (χ3v) is 7.58. The number of piperidine rings is 1. The van der Waals surface area contributed by atoms with Crippen molar-refractivity contribution in [3.05, 3.63) is 88.9 Å². The predicted octanol–water partition coefficient (Wildman–Crippen LogP) is 5.30. The maximum atomic E-state index is 12.7. The lowest BCUT2D eigenvalue weighted by Crippen LogP contribution is -2.34. The zero-order chi connectivity index (χ0) is 23.4. The highest BCUT2D eigenvalue weighted by Gasteiger charge is 2.23. The van der Waals surface area contributed by atoms with Gasteiger partial charge in [-0.15, -0.1) is 0 Å². The number of sulfonamides is 1. The highest BCUT2D eigenvalue weighted by molar-refractivity contribution is 7.92. The molecule has 33 heavy (non-hydrogen) atoms. The van der Waals surface area contributed by atoms with E-state index < -0.39 is 16.0 Å². The van der Waals surface area contributed by atoms with Gasteiger partial charge in [0.15, 0.2) is 0 Å². The van der Waals surface area contributed by atoms with Crippen LogP contribution < -0.4 is 9.62 Å². The molecule has 1 saturated heterocycles. The van der Waals surface area contributed by atoms with Gasteiger partial charge >= 0.3 is 5.97 Å². The zero-order valence-electron chi connectivity index (χ0n) is 17.9. The first-order chi connectivity index (χ1) is 15.8. The Labute approximate surface area is 198 Å². The Kier molecular flexibility index (Phi) is 6.91. The summed E-state index contributed by atoms with van der Waals surface area (Å²) in [6.07, 6.45) is 3.07. The molecule has 0 bridgehead atoms. The van der Waals surface area contributed by atoms with Crippen LogP contribution in [0.5, 0.6) is 0 Å². The Morgan fingerprint density at radius 2 is 1.67 bits per heavy atom. The summed E-state index contributed by atoms with van der Waals surface area (Å²) in [5.41, 5.74) is 2.05. The van der Waals surface area contributed by atoms with Crippen molar-refractivity contribution in [1.82, 2.24) is 0 Å². The fourth-order valence-electron chi connectivity index (χ4n) is 4.16. The smallest absolute Gasteiger partial charge is 0.337 e. The molecule has 0 saturated carbocycles. The lowest BCUT2D eigenvalue weighted by molar-refractivity contribution is 0.0698. The fraction of sp³-hybridized carbons (Fsp3) is 0.240. The topological polar surface area (TPSA) is 86.7 Å². The van der Waals surface area contributed by atoms with E-state index in [-0.39, 0.29) is 16.1 Å². The summed E-state index contributed by atoms with van der Waals surface area (Å²) in [6, 6.07) is 20.9. The summed E-state index contributed by atoms with van der Waals surface area (Å²) in [5.74, 6) is -0.599. The molecular weight excluding hydrogens is 460 g/mol. The van der Waals surface area contributed by atoms with Gasteiger partial charge in [0.2, 0.25) is 0 Å². The summed E-state index contributed by atoms with van der Waals surface area (Å²) >= 11 is 5.83. The molecule has 8 heteroatoms. The highest BCUT2D eigenvalue weighted by Crippen LogP contribution is 2.30. The van der Waals surface area contributed by atoms with Crippen LogP contribution in [0.1, 0.15) is 28.8 Å². The van der Waals surface area contributed by atoms with E-state index in [9.17, 15) is 18.3 Å². The summed E-state index contributed by atoms with van der Waals surface area (Å²) < 4.78 is 27.8. The summed E-state index contributed by atoms with van der Waals surface area (Å²) in [7, 11) is -3.95. The van der Waals surface area contributed by atoms with Gasteiger partial charge in [-0.1, -0.05) is 41.9 Å². The predicted molar refractivity (Wildman–Crippen MR) is 131 cm³/mol. The van der Waals surface area contributed by atoms with E-state index >= 15 is 0 Å².